The number of benzene rings is 1. The quantitative estimate of drug-likeness (QED) is 0.579. The maximum absolute atomic E-state index is 12.8. The maximum Gasteiger partial charge on any atom is 0.268 e. The summed E-state index contributed by atoms with van der Waals surface area (Å²) in [5.74, 6) is 0.506. The van der Waals surface area contributed by atoms with Gasteiger partial charge in [0.25, 0.3) is 5.24 Å². The van der Waals surface area contributed by atoms with Gasteiger partial charge in [0.2, 0.25) is 5.91 Å². The minimum atomic E-state index is -2.29. The SMILES string of the molecule is C[N+]1(c2cccc(S(C)(C(N)=O)c3ccc4nc(NC(=O)C5CC5)cn4n3)c2)C=CC=N1. The van der Waals surface area contributed by atoms with E-state index in [0.29, 0.717) is 16.5 Å². The van der Waals surface area contributed by atoms with Crippen molar-refractivity contribution in [2.75, 3.05) is 18.6 Å². The normalized spacial score (nSPS) is 22.6. The number of hydrogen-bond acceptors (Lipinski definition) is 5. The summed E-state index contributed by atoms with van der Waals surface area (Å²) in [7, 11) is -0.333. The maximum atomic E-state index is 12.8. The van der Waals surface area contributed by atoms with Gasteiger partial charge in [-0.25, -0.2) is 9.50 Å². The molecule has 3 aromatic rings. The van der Waals surface area contributed by atoms with Gasteiger partial charge in [-0.1, -0.05) is 21.2 Å². The lowest BCUT2D eigenvalue weighted by Crippen LogP contribution is -2.30. The summed E-state index contributed by atoms with van der Waals surface area (Å²) in [6.45, 7) is 0. The van der Waals surface area contributed by atoms with Gasteiger partial charge in [0.15, 0.2) is 17.2 Å². The molecule has 10 heteroatoms. The molecule has 1 aromatic carbocycles. The molecule has 0 bridgehead atoms. The molecule has 2 aliphatic rings. The first kappa shape index (κ1) is 20.4. The molecule has 2 atom stereocenters. The molecule has 3 heterocycles. The molecule has 5 rings (SSSR count). The zero-order valence-electron chi connectivity index (χ0n) is 17.8. The Bertz CT molecular complexity index is 1300. The lowest BCUT2D eigenvalue weighted by Gasteiger charge is -2.32. The largest absolute Gasteiger partial charge is 0.361 e. The monoisotopic (exact) mass is 450 g/mol. The van der Waals surface area contributed by atoms with E-state index in [0.717, 1.165) is 23.4 Å². The zero-order chi connectivity index (χ0) is 22.5. The van der Waals surface area contributed by atoms with Crippen molar-refractivity contribution in [1.82, 2.24) is 19.2 Å². The number of imidazole rings is 1. The Morgan fingerprint density at radius 2 is 2.06 bits per heavy atom. The molecule has 2 unspecified atom stereocenters. The number of nitrogens with one attached hydrogen (secondary N) is 1. The molecule has 1 aliphatic heterocycles. The van der Waals surface area contributed by atoms with Crippen molar-refractivity contribution in [2.24, 2.45) is 16.8 Å². The van der Waals surface area contributed by atoms with Crippen LogP contribution in [0.1, 0.15) is 12.8 Å². The molecule has 2 amide bonds. The second kappa shape index (κ2) is 7.28. The number of hydrogen-bond donors (Lipinski definition) is 2. The molecule has 0 saturated heterocycles. The molecule has 1 saturated carbocycles. The summed E-state index contributed by atoms with van der Waals surface area (Å²) in [4.78, 5) is 30.1. The van der Waals surface area contributed by atoms with E-state index < -0.39 is 15.3 Å². The number of quaternary nitrogens is 1. The highest BCUT2D eigenvalue weighted by atomic mass is 32.3. The van der Waals surface area contributed by atoms with Crippen LogP contribution in [-0.4, -0.2) is 45.3 Å². The lowest BCUT2D eigenvalue weighted by molar-refractivity contribution is -0.117. The minimum absolute atomic E-state index is 0.0201. The lowest BCUT2D eigenvalue weighted by atomic mass is 10.3. The van der Waals surface area contributed by atoms with Gasteiger partial charge >= 0.3 is 0 Å². The Morgan fingerprint density at radius 1 is 1.25 bits per heavy atom. The number of allylic oxidation sites excluding steroid dienone is 1. The Labute approximate surface area is 186 Å². The molecular formula is C22H24N7O2S+. The van der Waals surface area contributed by atoms with Gasteiger partial charge in [0.1, 0.15) is 18.3 Å². The third-order valence-corrected chi connectivity index (χ3v) is 8.95. The number of rotatable bonds is 5. The second-order valence-electron chi connectivity index (χ2n) is 8.23. The average molecular weight is 451 g/mol. The van der Waals surface area contributed by atoms with Crippen molar-refractivity contribution in [1.29, 1.82) is 0 Å². The molecule has 0 radical (unpaired) electrons. The molecule has 164 valence electrons. The summed E-state index contributed by atoms with van der Waals surface area (Å²) >= 11 is 0. The zero-order valence-corrected chi connectivity index (χ0v) is 18.6. The molecule has 1 fully saturated rings. The van der Waals surface area contributed by atoms with Gasteiger partial charge in [-0.05, 0) is 37.3 Å². The van der Waals surface area contributed by atoms with Gasteiger partial charge in [-0.3, -0.25) is 9.59 Å². The highest BCUT2D eigenvalue weighted by Gasteiger charge is 2.35. The van der Waals surface area contributed by atoms with Crippen LogP contribution in [0.25, 0.3) is 5.65 Å². The van der Waals surface area contributed by atoms with Crippen molar-refractivity contribution in [2.45, 2.75) is 22.8 Å². The van der Waals surface area contributed by atoms with Crippen molar-refractivity contribution in [3.8, 4) is 0 Å². The predicted molar refractivity (Wildman–Crippen MR) is 126 cm³/mol. The first-order valence-corrected chi connectivity index (χ1v) is 12.3. The van der Waals surface area contributed by atoms with Crippen LogP contribution in [0.3, 0.4) is 0 Å². The number of nitrogens with two attached hydrogens (primary N) is 1. The Kier molecular flexibility index (Phi) is 4.64. The van der Waals surface area contributed by atoms with Crippen LogP contribution in [-0.2, 0) is 4.79 Å². The van der Waals surface area contributed by atoms with E-state index >= 15 is 0 Å². The van der Waals surface area contributed by atoms with Gasteiger partial charge in [-0.2, -0.15) is 5.10 Å². The van der Waals surface area contributed by atoms with Crippen LogP contribution in [0.5, 0.6) is 0 Å². The van der Waals surface area contributed by atoms with E-state index in [4.69, 9.17) is 5.73 Å². The molecule has 3 N–H and O–H groups in total. The summed E-state index contributed by atoms with van der Waals surface area (Å²) in [6, 6.07) is 11.3. The van der Waals surface area contributed by atoms with Gasteiger partial charge in [0.05, 0.1) is 12.4 Å². The molecule has 0 spiro atoms. The molecule has 9 nitrogen and oxygen atoms in total. The van der Waals surface area contributed by atoms with E-state index in [2.05, 4.69) is 20.5 Å². The van der Waals surface area contributed by atoms with Crippen LogP contribution >= 0.6 is 10.0 Å². The number of anilines is 1. The van der Waals surface area contributed by atoms with E-state index in [1.165, 1.54) is 0 Å². The fraction of sp³-hybridized carbons (Fsp3) is 0.227. The van der Waals surface area contributed by atoms with Gasteiger partial charge < -0.3 is 11.1 Å². The summed E-state index contributed by atoms with van der Waals surface area (Å²) in [5, 5.41) is 12.1. The molecule has 32 heavy (non-hydrogen) atoms. The molecule has 2 aromatic heterocycles. The first-order chi connectivity index (χ1) is 15.3. The third-order valence-electron chi connectivity index (χ3n) is 5.90. The predicted octanol–water partition coefficient (Wildman–Crippen LogP) is 3.46. The van der Waals surface area contributed by atoms with Crippen LogP contribution in [0.4, 0.5) is 16.3 Å². The van der Waals surface area contributed by atoms with Crippen molar-refractivity contribution in [3.63, 3.8) is 0 Å². The first-order valence-electron chi connectivity index (χ1n) is 10.2. The number of carbonyl (C=O) groups excluding carboxylic acids is 2. The topological polar surface area (TPSA) is 115 Å². The van der Waals surface area contributed by atoms with Gasteiger partial charge in [0, 0.05) is 29.0 Å². The average Bonchev–Trinajstić information content (AvgIpc) is 3.42. The van der Waals surface area contributed by atoms with Crippen molar-refractivity contribution < 1.29 is 9.59 Å². The van der Waals surface area contributed by atoms with Crippen molar-refractivity contribution >= 4 is 44.5 Å². The smallest absolute Gasteiger partial charge is 0.268 e. The van der Waals surface area contributed by atoms with Crippen LogP contribution < -0.4 is 15.6 Å². The number of carbonyl (C=O) groups is 2. The second-order valence-corrected chi connectivity index (χ2v) is 11.4. The Morgan fingerprint density at radius 3 is 2.75 bits per heavy atom. The number of nitrogens with zero attached hydrogens (tertiary/aromatic N) is 5. The van der Waals surface area contributed by atoms with E-state index in [1.54, 1.807) is 29.1 Å². The number of amides is 2. The number of primary amides is 1. The van der Waals surface area contributed by atoms with Crippen LogP contribution in [0, 0.1) is 5.92 Å². The highest BCUT2D eigenvalue weighted by molar-refractivity contribution is 8.44. The number of aromatic nitrogens is 3. The highest BCUT2D eigenvalue weighted by Crippen LogP contribution is 2.59. The Hall–Kier alpha value is -3.50. The van der Waals surface area contributed by atoms with Crippen LogP contribution in [0.2, 0.25) is 0 Å². The van der Waals surface area contributed by atoms with Gasteiger partial charge in [-0.15, -0.1) is 4.59 Å². The van der Waals surface area contributed by atoms with E-state index in [1.807, 2.05) is 49.8 Å². The summed E-state index contributed by atoms with van der Waals surface area (Å²) < 4.78 is 1.84. The standard InChI is InChI=1S/C22H23N7O2S/c1-29(12-4-11-24-29)16-5-3-6-17(13-16)32(2,22(23)31)20-10-9-19-25-18(14-28(19)27-20)26-21(30)15-7-8-15/h3-6,9-15H,7-8H2,1-2H3,(H2-,23,26,30,31)/p+1. The Balaban J connectivity index is 1.54. The number of fused-ring (bicyclic) bond motifs is 1. The summed E-state index contributed by atoms with van der Waals surface area (Å²) in [5.41, 5.74) is 7.45. The van der Waals surface area contributed by atoms with E-state index in [-0.39, 0.29) is 16.4 Å². The molecule has 1 aliphatic carbocycles. The van der Waals surface area contributed by atoms with Crippen molar-refractivity contribution in [3.05, 3.63) is 54.9 Å². The van der Waals surface area contributed by atoms with Crippen LogP contribution in [0.15, 0.2) is 69.9 Å². The summed E-state index contributed by atoms with van der Waals surface area (Å²) in [6.07, 6.45) is 10.9. The fourth-order valence-corrected chi connectivity index (χ4v) is 5.63. The van der Waals surface area contributed by atoms with E-state index in [9.17, 15) is 9.59 Å². The third kappa shape index (κ3) is 3.37. The minimum Gasteiger partial charge on any atom is -0.361 e. The fourth-order valence-electron chi connectivity index (χ4n) is 3.65. The molecular weight excluding hydrogens is 426 g/mol.